The highest BCUT2D eigenvalue weighted by atomic mass is 16.6. The fraction of sp³-hybridized carbons (Fsp3) is 0.316. The average molecular weight is 389 g/mol. The molecule has 0 aliphatic heterocycles. The molecule has 2 N–H and O–H groups in total. The van der Waals surface area contributed by atoms with Crippen LogP contribution in [-0.2, 0) is 4.79 Å². The lowest BCUT2D eigenvalue weighted by Gasteiger charge is -2.18. The summed E-state index contributed by atoms with van der Waals surface area (Å²) >= 11 is 0. The van der Waals surface area contributed by atoms with Gasteiger partial charge in [0.05, 0.1) is 37.5 Å². The Morgan fingerprint density at radius 2 is 1.82 bits per heavy atom. The van der Waals surface area contributed by atoms with Crippen LogP contribution in [-0.4, -0.2) is 37.7 Å². The summed E-state index contributed by atoms with van der Waals surface area (Å²) in [7, 11) is 2.92. The molecule has 0 heterocycles. The summed E-state index contributed by atoms with van der Waals surface area (Å²) < 4.78 is 15.9. The summed E-state index contributed by atoms with van der Waals surface area (Å²) in [6.07, 6.45) is 0. The van der Waals surface area contributed by atoms with E-state index in [0.717, 1.165) is 0 Å². The molecule has 9 heteroatoms. The Morgan fingerprint density at radius 1 is 1.11 bits per heavy atom. The average Bonchev–Trinajstić information content (AvgIpc) is 2.69. The smallest absolute Gasteiger partial charge is 0.273 e. The number of rotatable bonds is 9. The number of nitrogens with zero attached hydrogens (tertiary/aromatic N) is 1. The molecule has 0 saturated carbocycles. The van der Waals surface area contributed by atoms with Crippen LogP contribution in [0, 0.1) is 10.1 Å². The molecule has 1 atom stereocenters. The summed E-state index contributed by atoms with van der Waals surface area (Å²) in [5.74, 6) is 1.04. The molecule has 28 heavy (non-hydrogen) atoms. The molecule has 2 rings (SSSR count). The number of hydrogen-bond donors (Lipinski definition) is 2. The number of nitro benzene ring substituents is 1. The van der Waals surface area contributed by atoms with Gasteiger partial charge in [0.2, 0.25) is 5.91 Å². The molecule has 150 valence electrons. The molecule has 0 aliphatic carbocycles. The van der Waals surface area contributed by atoms with Gasteiger partial charge < -0.3 is 24.8 Å². The Hall–Kier alpha value is -3.49. The molecule has 0 bridgehead atoms. The fourth-order valence-electron chi connectivity index (χ4n) is 2.49. The molecule has 2 aromatic carbocycles. The highest BCUT2D eigenvalue weighted by Crippen LogP contribution is 2.31. The van der Waals surface area contributed by atoms with Gasteiger partial charge in [-0.2, -0.15) is 0 Å². The minimum atomic E-state index is -0.595. The monoisotopic (exact) mass is 389 g/mol. The summed E-state index contributed by atoms with van der Waals surface area (Å²) in [4.78, 5) is 22.8. The second-order valence-electron chi connectivity index (χ2n) is 5.80. The maximum atomic E-state index is 12.5. The van der Waals surface area contributed by atoms with Crippen molar-refractivity contribution in [1.82, 2.24) is 0 Å². The zero-order valence-corrected chi connectivity index (χ0v) is 16.1. The van der Waals surface area contributed by atoms with Crippen molar-refractivity contribution in [2.45, 2.75) is 19.9 Å². The predicted molar refractivity (Wildman–Crippen MR) is 106 cm³/mol. The summed E-state index contributed by atoms with van der Waals surface area (Å²) in [6.45, 7) is 4.08. The minimum absolute atomic E-state index is 0.123. The van der Waals surface area contributed by atoms with Gasteiger partial charge in [0.15, 0.2) is 11.5 Å². The molecule has 1 amide bonds. The van der Waals surface area contributed by atoms with Crippen molar-refractivity contribution in [3.05, 3.63) is 46.5 Å². The number of carbonyl (C=O) groups excluding carboxylic acids is 1. The first-order valence-corrected chi connectivity index (χ1v) is 8.60. The van der Waals surface area contributed by atoms with Crippen molar-refractivity contribution >= 4 is 23.0 Å². The number of benzene rings is 2. The van der Waals surface area contributed by atoms with Crippen LogP contribution in [0.4, 0.5) is 17.1 Å². The van der Waals surface area contributed by atoms with Gasteiger partial charge in [-0.15, -0.1) is 0 Å². The third-order valence-corrected chi connectivity index (χ3v) is 3.89. The van der Waals surface area contributed by atoms with E-state index in [1.807, 2.05) is 6.92 Å². The van der Waals surface area contributed by atoms with Crippen LogP contribution in [0.3, 0.4) is 0 Å². The van der Waals surface area contributed by atoms with Gasteiger partial charge >= 0.3 is 0 Å². The van der Waals surface area contributed by atoms with Crippen molar-refractivity contribution in [2.24, 2.45) is 0 Å². The van der Waals surface area contributed by atoms with E-state index in [0.29, 0.717) is 29.5 Å². The largest absolute Gasteiger partial charge is 0.494 e. The third kappa shape index (κ3) is 5.03. The Balaban J connectivity index is 2.10. The summed E-state index contributed by atoms with van der Waals surface area (Å²) in [6, 6.07) is 8.67. The number of hydrogen-bond acceptors (Lipinski definition) is 7. The van der Waals surface area contributed by atoms with Crippen LogP contribution in [0.2, 0.25) is 0 Å². The van der Waals surface area contributed by atoms with Gasteiger partial charge in [0, 0.05) is 17.8 Å². The number of anilines is 2. The number of nitrogens with one attached hydrogen (secondary N) is 2. The molecule has 0 aromatic heterocycles. The van der Waals surface area contributed by atoms with Gasteiger partial charge in [-0.1, -0.05) is 0 Å². The van der Waals surface area contributed by atoms with E-state index in [-0.39, 0.29) is 17.3 Å². The van der Waals surface area contributed by atoms with Crippen LogP contribution < -0.4 is 24.8 Å². The molecule has 0 unspecified atom stereocenters. The first kappa shape index (κ1) is 20.8. The van der Waals surface area contributed by atoms with Crippen LogP contribution >= 0.6 is 0 Å². The van der Waals surface area contributed by atoms with Gasteiger partial charge in [0.1, 0.15) is 11.8 Å². The maximum absolute atomic E-state index is 12.5. The Morgan fingerprint density at radius 3 is 2.43 bits per heavy atom. The lowest BCUT2D eigenvalue weighted by molar-refractivity contribution is -0.384. The van der Waals surface area contributed by atoms with Crippen molar-refractivity contribution < 1.29 is 23.9 Å². The number of non-ortho nitro benzene ring substituents is 1. The number of ether oxygens (including phenoxy) is 3. The Bertz CT molecular complexity index is 856. The first-order chi connectivity index (χ1) is 13.4. The fourth-order valence-corrected chi connectivity index (χ4v) is 2.49. The molecule has 0 fully saturated rings. The topological polar surface area (TPSA) is 112 Å². The van der Waals surface area contributed by atoms with E-state index < -0.39 is 11.0 Å². The zero-order valence-electron chi connectivity index (χ0n) is 16.1. The third-order valence-electron chi connectivity index (χ3n) is 3.89. The lowest BCUT2D eigenvalue weighted by atomic mass is 10.2. The van der Waals surface area contributed by atoms with Crippen LogP contribution in [0.1, 0.15) is 13.8 Å². The van der Waals surface area contributed by atoms with E-state index in [4.69, 9.17) is 14.2 Å². The number of methoxy groups -OCH3 is 2. The van der Waals surface area contributed by atoms with E-state index in [9.17, 15) is 14.9 Å². The normalized spacial score (nSPS) is 11.3. The standard InChI is InChI=1S/C19H23N3O6/c1-5-28-16-9-6-13(10-18(16)27-4)20-12(2)19(23)21-15-8-7-14(22(24)25)11-17(15)26-3/h6-12,20H,5H2,1-4H3,(H,21,23)/t12-/m0/s1. The second kappa shape index (κ2) is 9.45. The maximum Gasteiger partial charge on any atom is 0.273 e. The Labute approximate surface area is 162 Å². The molecule has 0 saturated heterocycles. The molecule has 9 nitrogen and oxygen atoms in total. The zero-order chi connectivity index (χ0) is 20.7. The number of amides is 1. The van der Waals surface area contributed by atoms with E-state index >= 15 is 0 Å². The van der Waals surface area contributed by atoms with Gasteiger partial charge in [0.25, 0.3) is 5.69 Å². The van der Waals surface area contributed by atoms with Crippen molar-refractivity contribution in [3.8, 4) is 17.2 Å². The van der Waals surface area contributed by atoms with Gasteiger partial charge in [-0.3, -0.25) is 14.9 Å². The first-order valence-electron chi connectivity index (χ1n) is 8.60. The van der Waals surface area contributed by atoms with E-state index in [1.165, 1.54) is 25.3 Å². The number of carbonyl (C=O) groups is 1. The lowest BCUT2D eigenvalue weighted by Crippen LogP contribution is -2.32. The highest BCUT2D eigenvalue weighted by Gasteiger charge is 2.18. The molecule has 0 aliphatic rings. The summed E-state index contributed by atoms with van der Waals surface area (Å²) in [5.41, 5.74) is 0.900. The second-order valence-corrected chi connectivity index (χ2v) is 5.80. The molecular formula is C19H23N3O6. The van der Waals surface area contributed by atoms with Gasteiger partial charge in [-0.25, -0.2) is 0 Å². The molecule has 0 radical (unpaired) electrons. The van der Waals surface area contributed by atoms with E-state index in [1.54, 1.807) is 32.2 Å². The minimum Gasteiger partial charge on any atom is -0.494 e. The Kier molecular flexibility index (Phi) is 7.02. The van der Waals surface area contributed by atoms with E-state index in [2.05, 4.69) is 10.6 Å². The van der Waals surface area contributed by atoms with Crippen molar-refractivity contribution in [1.29, 1.82) is 0 Å². The van der Waals surface area contributed by atoms with Crippen molar-refractivity contribution in [2.75, 3.05) is 31.5 Å². The van der Waals surface area contributed by atoms with Gasteiger partial charge in [-0.05, 0) is 32.0 Å². The number of nitro groups is 1. The highest BCUT2D eigenvalue weighted by molar-refractivity contribution is 5.97. The van der Waals surface area contributed by atoms with Crippen molar-refractivity contribution in [3.63, 3.8) is 0 Å². The SMILES string of the molecule is CCOc1ccc(N[C@@H](C)C(=O)Nc2ccc([N+](=O)[O-])cc2OC)cc1OC. The molecule has 0 spiro atoms. The summed E-state index contributed by atoms with van der Waals surface area (Å²) in [5, 5.41) is 16.6. The predicted octanol–water partition coefficient (Wildman–Crippen LogP) is 3.45. The van der Waals surface area contributed by atoms with Crippen LogP contribution in [0.5, 0.6) is 17.2 Å². The quantitative estimate of drug-likeness (QED) is 0.499. The molecular weight excluding hydrogens is 366 g/mol. The molecule has 2 aromatic rings. The van der Waals surface area contributed by atoms with Crippen LogP contribution in [0.25, 0.3) is 0 Å². The van der Waals surface area contributed by atoms with Crippen LogP contribution in [0.15, 0.2) is 36.4 Å².